The van der Waals surface area contributed by atoms with Crippen LogP contribution in [0.1, 0.15) is 58.8 Å². The van der Waals surface area contributed by atoms with Crippen molar-refractivity contribution in [2.45, 2.75) is 83.2 Å². The Labute approximate surface area is 284 Å². The molecule has 2 unspecified atom stereocenters. The van der Waals surface area contributed by atoms with Gasteiger partial charge in [0.25, 0.3) is 0 Å². The summed E-state index contributed by atoms with van der Waals surface area (Å²) in [4.78, 5) is 15.4. The molecule has 4 fully saturated rings. The lowest BCUT2D eigenvalue weighted by Crippen LogP contribution is -2.46. The first-order valence-corrected chi connectivity index (χ1v) is 17.1. The van der Waals surface area contributed by atoms with Gasteiger partial charge in [0.05, 0.1) is 23.2 Å². The van der Waals surface area contributed by atoms with E-state index in [1.165, 1.54) is 18.5 Å². The van der Waals surface area contributed by atoms with Crippen molar-refractivity contribution in [2.24, 2.45) is 11.8 Å². The van der Waals surface area contributed by atoms with Crippen LogP contribution >= 0.6 is 11.6 Å². The van der Waals surface area contributed by atoms with E-state index in [1.54, 1.807) is 4.90 Å². The Morgan fingerprint density at radius 1 is 0.646 bits per heavy atom. The fourth-order valence-corrected chi connectivity index (χ4v) is 7.51. The van der Waals surface area contributed by atoms with Crippen LogP contribution in [0.3, 0.4) is 0 Å². The number of halogens is 7. The van der Waals surface area contributed by atoms with E-state index in [2.05, 4.69) is 41.8 Å². The first-order valence-electron chi connectivity index (χ1n) is 16.7. The maximum absolute atomic E-state index is 13.0. The molecule has 0 spiro atoms. The lowest BCUT2D eigenvalue weighted by molar-refractivity contribution is -0.178. The summed E-state index contributed by atoms with van der Waals surface area (Å²) in [7, 11) is 0. The van der Waals surface area contributed by atoms with Gasteiger partial charge in [-0.2, -0.15) is 26.3 Å². The Balaban J connectivity index is 0.000000154. The Morgan fingerprint density at radius 3 is 1.75 bits per heavy atom. The molecule has 8 nitrogen and oxygen atoms in total. The lowest BCUT2D eigenvalue weighted by atomic mass is 9.97. The van der Waals surface area contributed by atoms with Gasteiger partial charge in [-0.3, -0.25) is 0 Å². The van der Waals surface area contributed by atoms with Crippen molar-refractivity contribution < 1.29 is 26.3 Å². The average Bonchev–Trinajstić information content (AvgIpc) is 3.05. The van der Waals surface area contributed by atoms with Gasteiger partial charge in [0, 0.05) is 57.9 Å². The molecule has 6 aliphatic rings. The number of rotatable bonds is 1. The molecule has 48 heavy (non-hydrogen) atoms. The van der Waals surface area contributed by atoms with Gasteiger partial charge in [-0.1, -0.05) is 19.0 Å². The highest BCUT2D eigenvalue weighted by Crippen LogP contribution is 2.38. The van der Waals surface area contributed by atoms with Gasteiger partial charge in [0.15, 0.2) is 11.6 Å². The van der Waals surface area contributed by atoms with E-state index in [4.69, 9.17) is 11.6 Å². The standard InChI is InChI=1S/C16H21F3N4.C10H12ClN3.C6H10F3N.CH4/c17-16(18,19)11-3-1-8-23(9-11)14-6-5-13-15(21-14)20-12-4-2-7-22(13)10-12;11-9-4-3-8-10(13-9)12-7-2-1-5-14(8)6-7;7-6(8,9)5-2-1-3-10-4-5;/h5-6,11-12H,1-4,7-10H2,(H,20,21);3-4,7H,1-2,5-6H2,(H,12,13);5,10H,1-4H2;1H4/t11?,12-;7-;;/m00../s1. The minimum Gasteiger partial charge on any atom is -0.366 e. The summed E-state index contributed by atoms with van der Waals surface area (Å²) in [5, 5.41) is 10.2. The molecule has 2 aromatic heterocycles. The van der Waals surface area contributed by atoms with Gasteiger partial charge >= 0.3 is 12.4 Å². The summed E-state index contributed by atoms with van der Waals surface area (Å²) in [6.45, 7) is 5.77. The molecule has 8 rings (SSSR count). The fraction of sp³-hybridized carbons (Fsp3) is 0.697. The van der Waals surface area contributed by atoms with Crippen LogP contribution in [0.4, 0.5) is 55.2 Å². The second-order valence-electron chi connectivity index (χ2n) is 13.3. The highest BCUT2D eigenvalue weighted by molar-refractivity contribution is 6.29. The van der Waals surface area contributed by atoms with Crippen LogP contribution in [-0.2, 0) is 0 Å². The summed E-state index contributed by atoms with van der Waals surface area (Å²) < 4.78 is 74.7. The minimum atomic E-state index is -4.12. The summed E-state index contributed by atoms with van der Waals surface area (Å²) in [6, 6.07) is 8.75. The summed E-state index contributed by atoms with van der Waals surface area (Å²) >= 11 is 5.86. The van der Waals surface area contributed by atoms with Crippen molar-refractivity contribution in [1.29, 1.82) is 0 Å². The number of hydrogen-bond donors (Lipinski definition) is 3. The average molecular weight is 705 g/mol. The molecule has 0 aromatic carbocycles. The number of nitrogens with one attached hydrogen (secondary N) is 3. The zero-order valence-electron chi connectivity index (χ0n) is 26.3. The summed E-state index contributed by atoms with van der Waals surface area (Å²) in [5.74, 6) is 0.0822. The SMILES string of the molecule is C.Clc1ccc2c(n1)N[C@H]1CCCN2C1.FC(F)(F)C1CCCN(c2ccc3c(n2)N[C@H]2CCCN3C2)C1.FC(F)(F)C1CCCNC1. The molecule has 0 saturated carbocycles. The van der Waals surface area contributed by atoms with Crippen molar-refractivity contribution >= 4 is 40.4 Å². The molecule has 2 aromatic rings. The Kier molecular flexibility index (Phi) is 11.6. The zero-order valence-corrected chi connectivity index (χ0v) is 27.1. The number of anilines is 5. The second-order valence-corrected chi connectivity index (χ2v) is 13.7. The molecule has 3 N–H and O–H groups in total. The highest BCUT2D eigenvalue weighted by Gasteiger charge is 2.42. The number of nitrogens with zero attached hydrogens (tertiary/aromatic N) is 5. The van der Waals surface area contributed by atoms with Crippen LogP contribution in [-0.4, -0.2) is 86.8 Å². The number of aromatic nitrogens is 2. The molecule has 0 amide bonds. The first-order chi connectivity index (χ1) is 22.4. The second kappa shape index (κ2) is 15.3. The predicted molar refractivity (Wildman–Crippen MR) is 181 cm³/mol. The van der Waals surface area contributed by atoms with Crippen LogP contribution in [0.5, 0.6) is 0 Å². The predicted octanol–water partition coefficient (Wildman–Crippen LogP) is 7.57. The van der Waals surface area contributed by atoms with Gasteiger partial charge in [-0.25, -0.2) is 9.97 Å². The Morgan fingerprint density at radius 2 is 1.19 bits per heavy atom. The molecule has 268 valence electrons. The van der Waals surface area contributed by atoms with Crippen LogP contribution in [0.2, 0.25) is 5.15 Å². The number of fused-ring (bicyclic) bond motifs is 8. The van der Waals surface area contributed by atoms with E-state index in [-0.39, 0.29) is 33.4 Å². The van der Waals surface area contributed by atoms with Gasteiger partial charge < -0.3 is 30.7 Å². The van der Waals surface area contributed by atoms with Crippen LogP contribution in [0.15, 0.2) is 24.3 Å². The van der Waals surface area contributed by atoms with Gasteiger partial charge in [-0.05, 0) is 82.2 Å². The van der Waals surface area contributed by atoms with Crippen LogP contribution in [0, 0.1) is 11.8 Å². The van der Waals surface area contributed by atoms with Crippen LogP contribution < -0.4 is 30.7 Å². The smallest absolute Gasteiger partial charge is 0.366 e. The maximum Gasteiger partial charge on any atom is 0.393 e. The van der Waals surface area contributed by atoms with E-state index in [0.717, 1.165) is 62.9 Å². The van der Waals surface area contributed by atoms with E-state index in [9.17, 15) is 26.3 Å². The summed E-state index contributed by atoms with van der Waals surface area (Å²) in [5.41, 5.74) is 2.28. The normalized spacial score (nSPS) is 26.1. The first kappa shape index (κ1) is 36.4. The third kappa shape index (κ3) is 8.83. The zero-order chi connectivity index (χ0) is 33.2. The third-order valence-corrected chi connectivity index (χ3v) is 10.1. The van der Waals surface area contributed by atoms with Crippen molar-refractivity contribution in [3.05, 3.63) is 29.4 Å². The molecular weight excluding hydrogens is 658 g/mol. The lowest BCUT2D eigenvalue weighted by Gasteiger charge is -2.41. The van der Waals surface area contributed by atoms with Gasteiger partial charge in [-0.15, -0.1) is 0 Å². The third-order valence-electron chi connectivity index (χ3n) is 9.87. The molecule has 15 heteroatoms. The fourth-order valence-electron chi connectivity index (χ4n) is 7.37. The van der Waals surface area contributed by atoms with Crippen molar-refractivity contribution in [3.8, 4) is 0 Å². The molecule has 4 saturated heterocycles. The number of piperidine rings is 4. The van der Waals surface area contributed by atoms with E-state index >= 15 is 0 Å². The largest absolute Gasteiger partial charge is 0.393 e. The molecule has 8 heterocycles. The summed E-state index contributed by atoms with van der Waals surface area (Å²) in [6.07, 6.45) is -1.60. The van der Waals surface area contributed by atoms with Crippen molar-refractivity contribution in [1.82, 2.24) is 15.3 Å². The molecule has 4 atom stereocenters. The van der Waals surface area contributed by atoms with Gasteiger partial charge in [0.2, 0.25) is 0 Å². The quantitative estimate of drug-likeness (QED) is 0.208. The topological polar surface area (TPSA) is 71.6 Å². The number of alkyl halides is 6. The van der Waals surface area contributed by atoms with Gasteiger partial charge in [0.1, 0.15) is 11.0 Å². The number of pyridine rings is 2. The molecule has 6 aliphatic heterocycles. The molecule has 0 radical (unpaired) electrons. The monoisotopic (exact) mass is 704 g/mol. The maximum atomic E-state index is 13.0. The number of hydrogen-bond acceptors (Lipinski definition) is 8. The molecular formula is C33H47ClF6N8. The van der Waals surface area contributed by atoms with E-state index < -0.39 is 24.2 Å². The Hall–Kier alpha value is -2.87. The van der Waals surface area contributed by atoms with Crippen molar-refractivity contribution in [3.63, 3.8) is 0 Å². The van der Waals surface area contributed by atoms with Crippen molar-refractivity contribution in [2.75, 3.05) is 77.7 Å². The minimum absolute atomic E-state index is 0. The molecule has 4 bridgehead atoms. The highest BCUT2D eigenvalue weighted by atomic mass is 35.5. The van der Waals surface area contributed by atoms with E-state index in [0.29, 0.717) is 42.4 Å². The van der Waals surface area contributed by atoms with E-state index in [1.807, 2.05) is 18.2 Å². The van der Waals surface area contributed by atoms with Crippen LogP contribution in [0.25, 0.3) is 0 Å². The molecule has 0 aliphatic carbocycles. The Bertz CT molecular complexity index is 1350.